The smallest absolute Gasteiger partial charge is 0.178 e. The fourth-order valence-corrected chi connectivity index (χ4v) is 2.61. The maximum absolute atomic E-state index is 11.9. The van der Waals surface area contributed by atoms with E-state index in [1.54, 1.807) is 6.92 Å². The summed E-state index contributed by atoms with van der Waals surface area (Å²) in [5.74, 6) is 0.120. The number of ketones is 1. The van der Waals surface area contributed by atoms with E-state index in [1.165, 1.54) is 0 Å². The Kier molecular flexibility index (Phi) is 2.80. The lowest BCUT2D eigenvalue weighted by molar-refractivity contribution is 0.101. The number of nitrogens with zero attached hydrogens (tertiary/aromatic N) is 2. The molecule has 3 heterocycles. The summed E-state index contributed by atoms with van der Waals surface area (Å²) in [4.78, 5) is 14.2. The van der Waals surface area contributed by atoms with Gasteiger partial charge in [0, 0.05) is 44.8 Å². The zero-order valence-corrected chi connectivity index (χ0v) is 10.5. The van der Waals surface area contributed by atoms with Crippen molar-refractivity contribution in [1.82, 2.24) is 9.72 Å². The standard InChI is InChI=1S/C14H17N3O/c1-11(18)14-13(16-8-5-15-6-9-16)10-12-4-2-3-7-17(12)14/h2-4,7,10,15H,5-6,8-9H2,1H3. The van der Waals surface area contributed by atoms with Gasteiger partial charge in [0.2, 0.25) is 0 Å². The summed E-state index contributed by atoms with van der Waals surface area (Å²) in [6, 6.07) is 8.11. The molecule has 0 spiro atoms. The van der Waals surface area contributed by atoms with Crippen LogP contribution in [-0.4, -0.2) is 36.4 Å². The molecule has 0 radical (unpaired) electrons. The molecule has 0 bridgehead atoms. The minimum Gasteiger partial charge on any atom is -0.367 e. The molecule has 0 atom stereocenters. The summed E-state index contributed by atoms with van der Waals surface area (Å²) < 4.78 is 1.99. The van der Waals surface area contributed by atoms with Crippen LogP contribution in [0.1, 0.15) is 17.4 Å². The Hall–Kier alpha value is -1.81. The van der Waals surface area contributed by atoms with Crippen molar-refractivity contribution in [2.75, 3.05) is 31.1 Å². The highest BCUT2D eigenvalue weighted by Crippen LogP contribution is 2.26. The molecule has 1 N–H and O–H groups in total. The number of carbonyl (C=O) groups excluding carboxylic acids is 1. The lowest BCUT2D eigenvalue weighted by Crippen LogP contribution is -2.43. The van der Waals surface area contributed by atoms with Crippen molar-refractivity contribution < 1.29 is 4.79 Å². The van der Waals surface area contributed by atoms with Crippen LogP contribution in [0.4, 0.5) is 5.69 Å². The van der Waals surface area contributed by atoms with Crippen LogP contribution in [0.15, 0.2) is 30.5 Å². The minimum atomic E-state index is 0.120. The highest BCUT2D eigenvalue weighted by Gasteiger charge is 2.20. The van der Waals surface area contributed by atoms with E-state index in [-0.39, 0.29) is 5.78 Å². The second kappa shape index (κ2) is 4.46. The van der Waals surface area contributed by atoms with Gasteiger partial charge in [-0.05, 0) is 18.2 Å². The van der Waals surface area contributed by atoms with E-state index >= 15 is 0 Å². The molecule has 4 heteroatoms. The molecular formula is C14H17N3O. The summed E-state index contributed by atoms with van der Waals surface area (Å²) in [6.07, 6.45) is 1.96. The Morgan fingerprint density at radius 2 is 2.06 bits per heavy atom. The van der Waals surface area contributed by atoms with E-state index in [0.717, 1.165) is 43.1 Å². The highest BCUT2D eigenvalue weighted by molar-refractivity contribution is 6.00. The lowest BCUT2D eigenvalue weighted by atomic mass is 10.2. The van der Waals surface area contributed by atoms with Gasteiger partial charge in [0.1, 0.15) is 5.69 Å². The van der Waals surface area contributed by atoms with Crippen LogP contribution < -0.4 is 10.2 Å². The molecule has 1 fully saturated rings. The van der Waals surface area contributed by atoms with Crippen molar-refractivity contribution in [3.8, 4) is 0 Å². The van der Waals surface area contributed by atoms with Gasteiger partial charge < -0.3 is 14.6 Å². The molecule has 1 aliphatic heterocycles. The van der Waals surface area contributed by atoms with Crippen LogP contribution in [0, 0.1) is 0 Å². The van der Waals surface area contributed by atoms with Gasteiger partial charge in [-0.1, -0.05) is 6.07 Å². The summed E-state index contributed by atoms with van der Waals surface area (Å²) in [5, 5.41) is 3.33. The number of carbonyl (C=O) groups is 1. The fraction of sp³-hybridized carbons (Fsp3) is 0.357. The summed E-state index contributed by atoms with van der Waals surface area (Å²) in [7, 11) is 0. The number of hydrogen-bond donors (Lipinski definition) is 1. The third-order valence-electron chi connectivity index (χ3n) is 3.45. The first-order valence-corrected chi connectivity index (χ1v) is 6.34. The average Bonchev–Trinajstić information content (AvgIpc) is 2.79. The number of rotatable bonds is 2. The van der Waals surface area contributed by atoms with Gasteiger partial charge in [-0.3, -0.25) is 4.79 Å². The first kappa shape index (κ1) is 11.3. The Bertz CT molecular complexity index is 582. The first-order chi connectivity index (χ1) is 8.77. The Balaban J connectivity index is 2.14. The molecule has 94 valence electrons. The van der Waals surface area contributed by atoms with E-state index in [4.69, 9.17) is 0 Å². The zero-order valence-electron chi connectivity index (χ0n) is 10.5. The lowest BCUT2D eigenvalue weighted by Gasteiger charge is -2.29. The normalized spacial score (nSPS) is 16.2. The molecule has 2 aromatic rings. The molecule has 0 aromatic carbocycles. The number of pyridine rings is 1. The molecule has 0 saturated carbocycles. The van der Waals surface area contributed by atoms with Crippen LogP contribution in [0.25, 0.3) is 5.52 Å². The quantitative estimate of drug-likeness (QED) is 0.813. The molecule has 4 nitrogen and oxygen atoms in total. The molecule has 1 saturated heterocycles. The molecular weight excluding hydrogens is 226 g/mol. The maximum atomic E-state index is 11.9. The molecule has 0 aliphatic carbocycles. The SMILES string of the molecule is CC(=O)c1c(N2CCNCC2)cc2ccccn12. The maximum Gasteiger partial charge on any atom is 0.178 e. The average molecular weight is 243 g/mol. The predicted octanol–water partition coefficient (Wildman–Crippen LogP) is 1.55. The fourth-order valence-electron chi connectivity index (χ4n) is 2.61. The van der Waals surface area contributed by atoms with Gasteiger partial charge in [0.25, 0.3) is 0 Å². The van der Waals surface area contributed by atoms with Crippen LogP contribution >= 0.6 is 0 Å². The Labute approximate surface area is 106 Å². The van der Waals surface area contributed by atoms with Gasteiger partial charge in [-0.2, -0.15) is 0 Å². The van der Waals surface area contributed by atoms with Crippen molar-refractivity contribution in [3.05, 3.63) is 36.2 Å². The molecule has 0 amide bonds. The first-order valence-electron chi connectivity index (χ1n) is 6.34. The van der Waals surface area contributed by atoms with Crippen molar-refractivity contribution >= 4 is 17.0 Å². The largest absolute Gasteiger partial charge is 0.367 e. The van der Waals surface area contributed by atoms with Crippen molar-refractivity contribution in [2.45, 2.75) is 6.92 Å². The highest BCUT2D eigenvalue weighted by atomic mass is 16.1. The number of Topliss-reactive ketones (excluding diaryl/α,β-unsaturated/α-hetero) is 1. The predicted molar refractivity (Wildman–Crippen MR) is 72.5 cm³/mol. The van der Waals surface area contributed by atoms with Gasteiger partial charge >= 0.3 is 0 Å². The third-order valence-corrected chi connectivity index (χ3v) is 3.45. The zero-order chi connectivity index (χ0) is 12.5. The topological polar surface area (TPSA) is 36.8 Å². The van der Waals surface area contributed by atoms with Gasteiger partial charge in [-0.15, -0.1) is 0 Å². The number of anilines is 1. The summed E-state index contributed by atoms with van der Waals surface area (Å²) in [6.45, 7) is 5.50. The van der Waals surface area contributed by atoms with E-state index in [9.17, 15) is 4.79 Å². The number of aromatic nitrogens is 1. The number of nitrogens with one attached hydrogen (secondary N) is 1. The third kappa shape index (κ3) is 1.78. The van der Waals surface area contributed by atoms with E-state index < -0.39 is 0 Å². The number of piperazine rings is 1. The van der Waals surface area contributed by atoms with Gasteiger partial charge in [-0.25, -0.2) is 0 Å². The Morgan fingerprint density at radius 3 is 2.78 bits per heavy atom. The molecule has 1 aliphatic rings. The van der Waals surface area contributed by atoms with Crippen LogP contribution in [0.3, 0.4) is 0 Å². The van der Waals surface area contributed by atoms with Crippen molar-refractivity contribution in [1.29, 1.82) is 0 Å². The molecule has 2 aromatic heterocycles. The van der Waals surface area contributed by atoms with E-state index in [2.05, 4.69) is 16.3 Å². The van der Waals surface area contributed by atoms with Crippen LogP contribution in [0.2, 0.25) is 0 Å². The van der Waals surface area contributed by atoms with E-state index in [0.29, 0.717) is 0 Å². The molecule has 18 heavy (non-hydrogen) atoms. The van der Waals surface area contributed by atoms with Gasteiger partial charge in [0.05, 0.1) is 5.69 Å². The summed E-state index contributed by atoms with van der Waals surface area (Å²) in [5.41, 5.74) is 2.94. The number of fused-ring (bicyclic) bond motifs is 1. The van der Waals surface area contributed by atoms with E-state index in [1.807, 2.05) is 28.8 Å². The second-order valence-corrected chi connectivity index (χ2v) is 4.67. The van der Waals surface area contributed by atoms with Crippen molar-refractivity contribution in [2.24, 2.45) is 0 Å². The van der Waals surface area contributed by atoms with Crippen LogP contribution in [0.5, 0.6) is 0 Å². The summed E-state index contributed by atoms with van der Waals surface area (Å²) >= 11 is 0. The minimum absolute atomic E-state index is 0.120. The van der Waals surface area contributed by atoms with Crippen molar-refractivity contribution in [3.63, 3.8) is 0 Å². The van der Waals surface area contributed by atoms with Crippen LogP contribution in [-0.2, 0) is 0 Å². The Morgan fingerprint density at radius 1 is 1.28 bits per heavy atom. The molecule has 3 rings (SSSR count). The molecule has 0 unspecified atom stereocenters. The van der Waals surface area contributed by atoms with Gasteiger partial charge in [0.15, 0.2) is 5.78 Å². The monoisotopic (exact) mass is 243 g/mol. The number of hydrogen-bond acceptors (Lipinski definition) is 3. The second-order valence-electron chi connectivity index (χ2n) is 4.67.